The molecular formula is C14H26O5. The summed E-state index contributed by atoms with van der Waals surface area (Å²) in [5.74, 6) is -0.298. The summed E-state index contributed by atoms with van der Waals surface area (Å²) < 4.78 is 21.3. The molecule has 0 aromatic rings. The Morgan fingerprint density at radius 1 is 1.05 bits per heavy atom. The van der Waals surface area contributed by atoms with Crippen molar-refractivity contribution >= 4 is 5.97 Å². The van der Waals surface area contributed by atoms with E-state index < -0.39 is 0 Å². The molecule has 0 aromatic heterocycles. The van der Waals surface area contributed by atoms with Gasteiger partial charge in [-0.3, -0.25) is 4.79 Å². The highest BCUT2D eigenvalue weighted by Crippen LogP contribution is 2.00. The maximum Gasteiger partial charge on any atom is 0.302 e. The molecule has 0 aromatic carbocycles. The molecule has 0 bridgehead atoms. The molecule has 0 aliphatic heterocycles. The SMILES string of the molecule is C=CCOCC(C)OCC(C)OCC(C)OC(C)=O. The van der Waals surface area contributed by atoms with Gasteiger partial charge in [-0.25, -0.2) is 0 Å². The van der Waals surface area contributed by atoms with Crippen molar-refractivity contribution in [3.63, 3.8) is 0 Å². The third-order valence-corrected chi connectivity index (χ3v) is 2.19. The van der Waals surface area contributed by atoms with Gasteiger partial charge in [0.15, 0.2) is 0 Å². The highest BCUT2D eigenvalue weighted by atomic mass is 16.6. The van der Waals surface area contributed by atoms with E-state index in [4.69, 9.17) is 18.9 Å². The van der Waals surface area contributed by atoms with Gasteiger partial charge in [0.2, 0.25) is 0 Å². The van der Waals surface area contributed by atoms with Crippen LogP contribution in [0, 0.1) is 0 Å². The lowest BCUT2D eigenvalue weighted by molar-refractivity contribution is -0.150. The fraction of sp³-hybridized carbons (Fsp3) is 0.786. The van der Waals surface area contributed by atoms with E-state index in [1.54, 1.807) is 13.0 Å². The number of carbonyl (C=O) groups excluding carboxylic acids is 1. The molecule has 0 heterocycles. The van der Waals surface area contributed by atoms with E-state index >= 15 is 0 Å². The first kappa shape index (κ1) is 18.1. The average molecular weight is 274 g/mol. The van der Waals surface area contributed by atoms with Crippen molar-refractivity contribution in [2.75, 3.05) is 26.4 Å². The predicted octanol–water partition coefficient (Wildman–Crippen LogP) is 1.95. The van der Waals surface area contributed by atoms with E-state index in [0.29, 0.717) is 26.4 Å². The van der Waals surface area contributed by atoms with Crippen LogP contribution in [0.2, 0.25) is 0 Å². The van der Waals surface area contributed by atoms with Crippen molar-refractivity contribution < 1.29 is 23.7 Å². The summed E-state index contributed by atoms with van der Waals surface area (Å²) in [7, 11) is 0. The zero-order valence-corrected chi connectivity index (χ0v) is 12.4. The molecule has 0 spiro atoms. The van der Waals surface area contributed by atoms with Gasteiger partial charge in [0.25, 0.3) is 0 Å². The molecule has 0 amide bonds. The van der Waals surface area contributed by atoms with Crippen LogP contribution in [-0.4, -0.2) is 50.7 Å². The van der Waals surface area contributed by atoms with E-state index in [0.717, 1.165) is 0 Å². The van der Waals surface area contributed by atoms with E-state index in [2.05, 4.69) is 6.58 Å². The molecule has 0 aliphatic rings. The standard InChI is InChI=1S/C14H26O5/c1-6-7-16-8-11(2)17-9-12(3)18-10-13(4)19-14(5)15/h6,11-13H,1,7-10H2,2-5H3. The first-order valence-electron chi connectivity index (χ1n) is 6.54. The number of carbonyl (C=O) groups is 1. The van der Waals surface area contributed by atoms with Crippen LogP contribution in [0.15, 0.2) is 12.7 Å². The van der Waals surface area contributed by atoms with E-state index in [-0.39, 0.29) is 24.3 Å². The van der Waals surface area contributed by atoms with Gasteiger partial charge in [-0.05, 0) is 20.8 Å². The fourth-order valence-corrected chi connectivity index (χ4v) is 1.33. The monoisotopic (exact) mass is 274 g/mol. The van der Waals surface area contributed by atoms with Gasteiger partial charge in [-0.2, -0.15) is 0 Å². The van der Waals surface area contributed by atoms with Gasteiger partial charge >= 0.3 is 5.97 Å². The van der Waals surface area contributed by atoms with Gasteiger partial charge in [-0.15, -0.1) is 6.58 Å². The molecule has 3 unspecified atom stereocenters. The van der Waals surface area contributed by atoms with E-state index in [9.17, 15) is 4.79 Å². The zero-order chi connectivity index (χ0) is 14.7. The van der Waals surface area contributed by atoms with Crippen molar-refractivity contribution in [2.45, 2.75) is 46.0 Å². The van der Waals surface area contributed by atoms with Crippen LogP contribution in [0.5, 0.6) is 0 Å². The second-order valence-corrected chi connectivity index (χ2v) is 4.53. The third kappa shape index (κ3) is 11.9. The first-order chi connectivity index (χ1) is 8.95. The smallest absolute Gasteiger partial charge is 0.302 e. The molecular weight excluding hydrogens is 248 g/mol. The normalized spacial score (nSPS) is 15.6. The highest BCUT2D eigenvalue weighted by molar-refractivity contribution is 5.66. The predicted molar refractivity (Wildman–Crippen MR) is 73.1 cm³/mol. The molecule has 0 N–H and O–H groups in total. The van der Waals surface area contributed by atoms with Crippen LogP contribution in [0.1, 0.15) is 27.7 Å². The van der Waals surface area contributed by atoms with Gasteiger partial charge in [0.05, 0.1) is 38.6 Å². The van der Waals surface area contributed by atoms with Crippen molar-refractivity contribution in [1.82, 2.24) is 0 Å². The average Bonchev–Trinajstić information content (AvgIpc) is 2.33. The second-order valence-electron chi connectivity index (χ2n) is 4.53. The van der Waals surface area contributed by atoms with Gasteiger partial charge in [0.1, 0.15) is 6.10 Å². The molecule has 0 saturated carbocycles. The lowest BCUT2D eigenvalue weighted by atomic mass is 10.4. The number of hydrogen-bond donors (Lipinski definition) is 0. The number of esters is 1. The van der Waals surface area contributed by atoms with Crippen molar-refractivity contribution in [2.24, 2.45) is 0 Å². The molecule has 0 saturated heterocycles. The molecule has 0 aliphatic carbocycles. The number of hydrogen-bond acceptors (Lipinski definition) is 5. The van der Waals surface area contributed by atoms with Crippen LogP contribution in [0.4, 0.5) is 0 Å². The molecule has 0 rings (SSSR count). The van der Waals surface area contributed by atoms with Crippen molar-refractivity contribution in [3.05, 3.63) is 12.7 Å². The lowest BCUT2D eigenvalue weighted by Crippen LogP contribution is -2.27. The summed E-state index contributed by atoms with van der Waals surface area (Å²) in [5, 5.41) is 0. The maximum atomic E-state index is 10.7. The third-order valence-electron chi connectivity index (χ3n) is 2.19. The van der Waals surface area contributed by atoms with Crippen molar-refractivity contribution in [1.29, 1.82) is 0 Å². The van der Waals surface area contributed by atoms with Crippen LogP contribution in [-0.2, 0) is 23.7 Å². The Bertz CT molecular complexity index is 254. The lowest BCUT2D eigenvalue weighted by Gasteiger charge is -2.19. The topological polar surface area (TPSA) is 54.0 Å². The minimum Gasteiger partial charge on any atom is -0.460 e. The van der Waals surface area contributed by atoms with Gasteiger partial charge in [0, 0.05) is 6.92 Å². The molecule has 112 valence electrons. The van der Waals surface area contributed by atoms with E-state index in [1.165, 1.54) is 6.92 Å². The Hall–Kier alpha value is -0.910. The van der Waals surface area contributed by atoms with Crippen LogP contribution < -0.4 is 0 Å². The van der Waals surface area contributed by atoms with Gasteiger partial charge < -0.3 is 18.9 Å². The Balaban J connectivity index is 3.60. The Morgan fingerprint density at radius 2 is 1.58 bits per heavy atom. The quantitative estimate of drug-likeness (QED) is 0.327. The fourth-order valence-electron chi connectivity index (χ4n) is 1.33. The molecule has 19 heavy (non-hydrogen) atoms. The van der Waals surface area contributed by atoms with Crippen molar-refractivity contribution in [3.8, 4) is 0 Å². The zero-order valence-electron chi connectivity index (χ0n) is 12.4. The second kappa shape index (κ2) is 11.0. The van der Waals surface area contributed by atoms with Crippen LogP contribution >= 0.6 is 0 Å². The number of ether oxygens (including phenoxy) is 4. The van der Waals surface area contributed by atoms with Gasteiger partial charge in [-0.1, -0.05) is 6.08 Å². The molecule has 5 heteroatoms. The summed E-state index contributed by atoms with van der Waals surface area (Å²) in [6.45, 7) is 12.5. The van der Waals surface area contributed by atoms with Crippen LogP contribution in [0.25, 0.3) is 0 Å². The minimum absolute atomic E-state index is 0.0110. The summed E-state index contributed by atoms with van der Waals surface area (Å²) in [4.78, 5) is 10.7. The molecule has 3 atom stereocenters. The van der Waals surface area contributed by atoms with Crippen LogP contribution in [0.3, 0.4) is 0 Å². The summed E-state index contributed by atoms with van der Waals surface area (Å²) in [5.41, 5.74) is 0. The maximum absolute atomic E-state index is 10.7. The summed E-state index contributed by atoms with van der Waals surface area (Å²) in [6, 6.07) is 0. The summed E-state index contributed by atoms with van der Waals surface area (Å²) in [6.07, 6.45) is 1.42. The van der Waals surface area contributed by atoms with E-state index in [1.807, 2.05) is 13.8 Å². The first-order valence-corrected chi connectivity index (χ1v) is 6.54. The molecule has 0 radical (unpaired) electrons. The molecule has 5 nitrogen and oxygen atoms in total. The summed E-state index contributed by atoms with van der Waals surface area (Å²) >= 11 is 0. The molecule has 0 fully saturated rings. The highest BCUT2D eigenvalue weighted by Gasteiger charge is 2.10. The minimum atomic E-state index is -0.298. The largest absolute Gasteiger partial charge is 0.460 e. The Kier molecular flexibility index (Phi) is 10.4. The Morgan fingerprint density at radius 3 is 2.11 bits per heavy atom. The Labute approximate surface area is 115 Å². The number of rotatable bonds is 11.